The Hall–Kier alpha value is -1.82. The molecule has 0 spiro atoms. The molecule has 6 heteroatoms. The molecule has 0 atom stereocenters. The van der Waals surface area contributed by atoms with Crippen LogP contribution in [0.2, 0.25) is 0 Å². The van der Waals surface area contributed by atoms with Crippen molar-refractivity contribution in [3.05, 3.63) is 54.0 Å². The maximum absolute atomic E-state index is 13.3. The number of hydrogen-bond donors (Lipinski definition) is 0. The molecule has 1 aromatic carbocycles. The van der Waals surface area contributed by atoms with Gasteiger partial charge in [0.1, 0.15) is 16.7 Å². The summed E-state index contributed by atoms with van der Waals surface area (Å²) in [6, 6.07) is 2.81. The second-order valence-electron chi connectivity index (χ2n) is 3.38. The maximum atomic E-state index is 13.3. The number of rotatable bonds is 4. The molecule has 2 aromatic rings. The molecule has 1 aromatic heterocycles. The van der Waals surface area contributed by atoms with Gasteiger partial charge >= 0.3 is 0 Å². The summed E-state index contributed by atoms with van der Waals surface area (Å²) in [5.74, 6) is -1.85. The molecule has 1 heterocycles. The van der Waals surface area contributed by atoms with Crippen LogP contribution < -0.4 is 0 Å². The number of ketones is 1. The lowest BCUT2D eigenvalue weighted by molar-refractivity contribution is 0.101. The Morgan fingerprint density at radius 2 is 2.11 bits per heavy atom. The zero-order valence-electron chi connectivity index (χ0n) is 9.14. The van der Waals surface area contributed by atoms with Gasteiger partial charge in [-0.05, 0) is 18.2 Å². The lowest BCUT2D eigenvalue weighted by atomic mass is 10.1. The van der Waals surface area contributed by atoms with Crippen molar-refractivity contribution in [2.45, 2.75) is 5.03 Å². The van der Waals surface area contributed by atoms with Gasteiger partial charge in [-0.1, -0.05) is 11.8 Å². The highest BCUT2D eigenvalue weighted by molar-refractivity contribution is 7.99. The first-order valence-electron chi connectivity index (χ1n) is 5.04. The van der Waals surface area contributed by atoms with Crippen LogP contribution in [0.1, 0.15) is 10.4 Å². The molecular formula is C12H8F2N2OS. The van der Waals surface area contributed by atoms with E-state index in [1.807, 2.05) is 0 Å². The van der Waals surface area contributed by atoms with E-state index in [-0.39, 0.29) is 11.3 Å². The maximum Gasteiger partial charge on any atom is 0.176 e. The van der Waals surface area contributed by atoms with Gasteiger partial charge in [0.15, 0.2) is 5.78 Å². The topological polar surface area (TPSA) is 42.9 Å². The normalized spacial score (nSPS) is 10.3. The molecule has 0 aliphatic heterocycles. The fourth-order valence-corrected chi connectivity index (χ4v) is 1.99. The standard InChI is InChI=1S/C12H8F2N2OS/c13-8-1-2-10(14)9(5-8)11(17)7-18-12-6-15-3-4-16-12/h1-6H,7H2. The fourth-order valence-electron chi connectivity index (χ4n) is 1.29. The van der Waals surface area contributed by atoms with Crippen LogP contribution in [0.4, 0.5) is 8.78 Å². The van der Waals surface area contributed by atoms with Crippen LogP contribution in [0.5, 0.6) is 0 Å². The van der Waals surface area contributed by atoms with E-state index in [2.05, 4.69) is 9.97 Å². The number of Topliss-reactive ketones (excluding diaryl/α,β-unsaturated/α-hetero) is 1. The van der Waals surface area contributed by atoms with Crippen LogP contribution in [0.3, 0.4) is 0 Å². The van der Waals surface area contributed by atoms with Gasteiger partial charge in [-0.3, -0.25) is 9.78 Å². The predicted octanol–water partition coefficient (Wildman–Crippen LogP) is 2.73. The van der Waals surface area contributed by atoms with Crippen molar-refractivity contribution < 1.29 is 13.6 Å². The first kappa shape index (κ1) is 12.6. The molecule has 0 amide bonds. The molecule has 0 bridgehead atoms. The monoisotopic (exact) mass is 266 g/mol. The van der Waals surface area contributed by atoms with Crippen LogP contribution in [0.15, 0.2) is 41.8 Å². The van der Waals surface area contributed by atoms with Crippen LogP contribution >= 0.6 is 11.8 Å². The van der Waals surface area contributed by atoms with Crippen molar-refractivity contribution >= 4 is 17.5 Å². The van der Waals surface area contributed by atoms with E-state index in [4.69, 9.17) is 0 Å². The van der Waals surface area contributed by atoms with Crippen molar-refractivity contribution in [3.63, 3.8) is 0 Å². The Kier molecular flexibility index (Phi) is 3.99. The highest BCUT2D eigenvalue weighted by Crippen LogP contribution is 2.17. The quantitative estimate of drug-likeness (QED) is 0.630. The summed E-state index contributed by atoms with van der Waals surface area (Å²) in [7, 11) is 0. The number of hydrogen-bond acceptors (Lipinski definition) is 4. The number of thioether (sulfide) groups is 1. The third-order valence-electron chi connectivity index (χ3n) is 2.12. The molecule has 92 valence electrons. The van der Waals surface area contributed by atoms with Gasteiger partial charge in [0, 0.05) is 12.4 Å². The molecule has 18 heavy (non-hydrogen) atoms. The molecular weight excluding hydrogens is 258 g/mol. The van der Waals surface area contributed by atoms with Gasteiger partial charge < -0.3 is 0 Å². The smallest absolute Gasteiger partial charge is 0.176 e. The van der Waals surface area contributed by atoms with Crippen molar-refractivity contribution in [1.29, 1.82) is 0 Å². The van der Waals surface area contributed by atoms with Gasteiger partial charge in [0.05, 0.1) is 17.5 Å². The van der Waals surface area contributed by atoms with Crippen LogP contribution in [0.25, 0.3) is 0 Å². The SMILES string of the molecule is O=C(CSc1cnccn1)c1cc(F)ccc1F. The van der Waals surface area contributed by atoms with E-state index in [9.17, 15) is 13.6 Å². The van der Waals surface area contributed by atoms with E-state index in [0.717, 1.165) is 30.0 Å². The summed E-state index contributed by atoms with van der Waals surface area (Å²) in [4.78, 5) is 19.5. The van der Waals surface area contributed by atoms with E-state index in [0.29, 0.717) is 5.03 Å². The Balaban J connectivity index is 2.06. The van der Waals surface area contributed by atoms with Crippen LogP contribution in [0, 0.1) is 11.6 Å². The van der Waals surface area contributed by atoms with Crippen molar-refractivity contribution in [1.82, 2.24) is 9.97 Å². The Morgan fingerprint density at radius 1 is 1.28 bits per heavy atom. The first-order valence-corrected chi connectivity index (χ1v) is 6.02. The molecule has 0 saturated heterocycles. The number of halogens is 2. The van der Waals surface area contributed by atoms with Crippen molar-refractivity contribution in [3.8, 4) is 0 Å². The number of nitrogens with zero attached hydrogens (tertiary/aromatic N) is 2. The second kappa shape index (κ2) is 5.68. The average molecular weight is 266 g/mol. The fraction of sp³-hybridized carbons (Fsp3) is 0.0833. The molecule has 3 nitrogen and oxygen atoms in total. The lowest BCUT2D eigenvalue weighted by Crippen LogP contribution is -2.06. The summed E-state index contributed by atoms with van der Waals surface area (Å²) in [5.41, 5.74) is -0.244. The highest BCUT2D eigenvalue weighted by Gasteiger charge is 2.13. The minimum absolute atomic E-state index is 0.0148. The number of carbonyl (C=O) groups is 1. The summed E-state index contributed by atoms with van der Waals surface area (Å²) in [6.45, 7) is 0. The van der Waals surface area contributed by atoms with E-state index in [1.165, 1.54) is 18.6 Å². The average Bonchev–Trinajstić information content (AvgIpc) is 2.40. The predicted molar refractivity (Wildman–Crippen MR) is 63.4 cm³/mol. The zero-order chi connectivity index (χ0) is 13.0. The van der Waals surface area contributed by atoms with Crippen molar-refractivity contribution in [2.24, 2.45) is 0 Å². The van der Waals surface area contributed by atoms with E-state index >= 15 is 0 Å². The molecule has 2 rings (SSSR count). The second-order valence-corrected chi connectivity index (χ2v) is 4.38. The van der Waals surface area contributed by atoms with Gasteiger partial charge in [0.2, 0.25) is 0 Å². The van der Waals surface area contributed by atoms with Gasteiger partial charge in [-0.15, -0.1) is 0 Å². The Morgan fingerprint density at radius 3 is 2.83 bits per heavy atom. The lowest BCUT2D eigenvalue weighted by Gasteiger charge is -2.02. The largest absolute Gasteiger partial charge is 0.293 e. The zero-order valence-corrected chi connectivity index (χ0v) is 9.95. The summed E-state index contributed by atoms with van der Waals surface area (Å²) in [6.07, 6.45) is 4.51. The summed E-state index contributed by atoms with van der Waals surface area (Å²) in [5, 5.41) is 0.558. The van der Waals surface area contributed by atoms with E-state index < -0.39 is 17.4 Å². The Labute approximate surface area is 106 Å². The van der Waals surface area contributed by atoms with Gasteiger partial charge in [0.25, 0.3) is 0 Å². The summed E-state index contributed by atoms with van der Waals surface area (Å²) >= 11 is 1.13. The third-order valence-corrected chi connectivity index (χ3v) is 3.03. The molecule has 0 unspecified atom stereocenters. The minimum Gasteiger partial charge on any atom is -0.293 e. The first-order chi connectivity index (χ1) is 8.66. The van der Waals surface area contributed by atoms with Crippen LogP contribution in [-0.2, 0) is 0 Å². The van der Waals surface area contributed by atoms with Crippen LogP contribution in [-0.4, -0.2) is 21.5 Å². The number of aromatic nitrogens is 2. The molecule has 0 aliphatic carbocycles. The number of carbonyl (C=O) groups excluding carboxylic acids is 1. The summed E-state index contributed by atoms with van der Waals surface area (Å²) < 4.78 is 26.2. The minimum atomic E-state index is -0.721. The highest BCUT2D eigenvalue weighted by atomic mass is 32.2. The number of benzene rings is 1. The van der Waals surface area contributed by atoms with Gasteiger partial charge in [-0.25, -0.2) is 13.8 Å². The molecule has 0 aliphatic rings. The van der Waals surface area contributed by atoms with Crippen molar-refractivity contribution in [2.75, 3.05) is 5.75 Å². The Bertz CT molecular complexity index is 563. The van der Waals surface area contributed by atoms with E-state index in [1.54, 1.807) is 0 Å². The third kappa shape index (κ3) is 3.10. The molecule has 0 fully saturated rings. The molecule has 0 saturated carbocycles. The molecule has 0 N–H and O–H groups in total. The molecule has 0 radical (unpaired) electrons. The van der Waals surface area contributed by atoms with Gasteiger partial charge in [-0.2, -0.15) is 0 Å².